The number of hydrogen-bond acceptors (Lipinski definition) is 4. The Bertz CT molecular complexity index is 1010. The molecular weight excluding hydrogens is 352 g/mol. The van der Waals surface area contributed by atoms with Gasteiger partial charge in [-0.2, -0.15) is 0 Å². The van der Waals surface area contributed by atoms with Crippen LogP contribution in [0, 0.1) is 6.92 Å². The average molecular weight is 376 g/mol. The first-order valence-electron chi connectivity index (χ1n) is 9.89. The fraction of sp³-hybridized carbons (Fsp3) is 0.409. The highest BCUT2D eigenvalue weighted by Crippen LogP contribution is 2.42. The number of carbonyl (C=O) groups excluding carboxylic acids is 1. The largest absolute Gasteiger partial charge is 0.388 e. The SMILES string of the molecule is Cc1ccc(C(=O)N2[C@H]3CC[C@H]2CC(O)(Cn2ccc4ccncc42)C3)cn1. The first-order chi connectivity index (χ1) is 13.5. The van der Waals surface area contributed by atoms with Crippen LogP contribution < -0.4 is 0 Å². The third-order valence-corrected chi connectivity index (χ3v) is 6.28. The van der Waals surface area contributed by atoms with E-state index in [0.717, 1.165) is 29.4 Å². The van der Waals surface area contributed by atoms with Crippen LogP contribution in [-0.4, -0.2) is 48.1 Å². The van der Waals surface area contributed by atoms with E-state index in [0.29, 0.717) is 24.9 Å². The Morgan fingerprint density at radius 3 is 2.68 bits per heavy atom. The molecule has 28 heavy (non-hydrogen) atoms. The second-order valence-electron chi connectivity index (χ2n) is 8.30. The molecule has 0 aromatic carbocycles. The maximum Gasteiger partial charge on any atom is 0.255 e. The van der Waals surface area contributed by atoms with Crippen LogP contribution in [0.3, 0.4) is 0 Å². The Balaban J connectivity index is 1.37. The number of pyridine rings is 2. The molecule has 5 heterocycles. The summed E-state index contributed by atoms with van der Waals surface area (Å²) >= 11 is 0. The van der Waals surface area contributed by atoms with E-state index >= 15 is 0 Å². The van der Waals surface area contributed by atoms with Crippen LogP contribution in [0.1, 0.15) is 41.7 Å². The van der Waals surface area contributed by atoms with Gasteiger partial charge in [0.25, 0.3) is 5.91 Å². The molecule has 2 atom stereocenters. The van der Waals surface area contributed by atoms with Gasteiger partial charge in [0.2, 0.25) is 0 Å². The smallest absolute Gasteiger partial charge is 0.255 e. The molecule has 1 N–H and O–H groups in total. The van der Waals surface area contributed by atoms with Gasteiger partial charge in [0.1, 0.15) is 0 Å². The molecule has 0 aliphatic carbocycles. The summed E-state index contributed by atoms with van der Waals surface area (Å²) in [7, 11) is 0. The number of hydrogen-bond donors (Lipinski definition) is 1. The Labute approximate surface area is 163 Å². The van der Waals surface area contributed by atoms with Gasteiger partial charge in [0.15, 0.2) is 0 Å². The Morgan fingerprint density at radius 1 is 1.18 bits per heavy atom. The topological polar surface area (TPSA) is 71.2 Å². The standard InChI is InChI=1S/C22H24N4O2/c1-15-2-3-17(12-24-15)21(27)26-18-4-5-19(26)11-22(28,10-18)14-25-9-7-16-6-8-23-13-20(16)25/h2-3,6-9,12-13,18-19,28H,4-5,10-11,14H2,1H3/t18-,19-/m0/s1. The average Bonchev–Trinajstić information content (AvgIpc) is 3.21. The van der Waals surface area contributed by atoms with Gasteiger partial charge >= 0.3 is 0 Å². The first-order valence-corrected chi connectivity index (χ1v) is 9.89. The Hall–Kier alpha value is -2.73. The summed E-state index contributed by atoms with van der Waals surface area (Å²) in [4.78, 5) is 23.5. The minimum atomic E-state index is -0.810. The van der Waals surface area contributed by atoms with E-state index in [1.165, 1.54) is 0 Å². The van der Waals surface area contributed by atoms with Crippen LogP contribution in [0.5, 0.6) is 0 Å². The number of aromatic nitrogens is 3. The van der Waals surface area contributed by atoms with Gasteiger partial charge in [-0.25, -0.2) is 0 Å². The zero-order chi connectivity index (χ0) is 19.3. The van der Waals surface area contributed by atoms with E-state index < -0.39 is 5.60 Å². The summed E-state index contributed by atoms with van der Waals surface area (Å²) in [6.07, 6.45) is 10.4. The highest BCUT2D eigenvalue weighted by molar-refractivity contribution is 5.94. The molecule has 6 nitrogen and oxygen atoms in total. The monoisotopic (exact) mass is 376 g/mol. The molecule has 2 aliphatic heterocycles. The summed E-state index contributed by atoms with van der Waals surface area (Å²) in [5.41, 5.74) is 1.76. The van der Waals surface area contributed by atoms with Crippen LogP contribution in [0.25, 0.3) is 10.9 Å². The minimum absolute atomic E-state index is 0.0395. The van der Waals surface area contributed by atoms with Crippen LogP contribution >= 0.6 is 0 Å². The molecule has 0 radical (unpaired) electrons. The van der Waals surface area contributed by atoms with Gasteiger partial charge in [-0.05, 0) is 56.9 Å². The van der Waals surface area contributed by atoms with Crippen molar-refractivity contribution in [3.05, 3.63) is 60.3 Å². The number of carbonyl (C=O) groups is 1. The van der Waals surface area contributed by atoms with Crippen molar-refractivity contribution in [2.75, 3.05) is 0 Å². The molecule has 1 amide bonds. The van der Waals surface area contributed by atoms with Gasteiger partial charge < -0.3 is 14.6 Å². The lowest BCUT2D eigenvalue weighted by Gasteiger charge is -2.44. The third kappa shape index (κ3) is 2.88. The van der Waals surface area contributed by atoms with Gasteiger partial charge in [-0.1, -0.05) is 0 Å². The van der Waals surface area contributed by atoms with E-state index in [-0.39, 0.29) is 18.0 Å². The number of fused-ring (bicyclic) bond motifs is 3. The van der Waals surface area contributed by atoms with Crippen molar-refractivity contribution in [1.82, 2.24) is 19.4 Å². The Kier molecular flexibility index (Phi) is 3.98. The van der Waals surface area contributed by atoms with E-state index in [2.05, 4.69) is 20.6 Å². The highest BCUT2D eigenvalue weighted by atomic mass is 16.3. The lowest BCUT2D eigenvalue weighted by atomic mass is 9.85. The van der Waals surface area contributed by atoms with Gasteiger partial charge in [-0.15, -0.1) is 0 Å². The summed E-state index contributed by atoms with van der Waals surface area (Å²) in [5, 5.41) is 12.5. The van der Waals surface area contributed by atoms with E-state index in [4.69, 9.17) is 0 Å². The van der Waals surface area contributed by atoms with Gasteiger partial charge in [0.05, 0.1) is 29.4 Å². The normalized spacial score (nSPS) is 26.7. The van der Waals surface area contributed by atoms with Crippen LogP contribution in [-0.2, 0) is 6.54 Å². The number of amides is 1. The number of aliphatic hydroxyl groups is 1. The van der Waals surface area contributed by atoms with Crippen molar-refractivity contribution < 1.29 is 9.90 Å². The lowest BCUT2D eigenvalue weighted by molar-refractivity contribution is -0.0533. The molecule has 0 spiro atoms. The maximum absolute atomic E-state index is 13.1. The van der Waals surface area contributed by atoms with Crippen molar-refractivity contribution in [2.24, 2.45) is 0 Å². The first kappa shape index (κ1) is 17.4. The third-order valence-electron chi connectivity index (χ3n) is 6.28. The van der Waals surface area contributed by atoms with Crippen molar-refractivity contribution >= 4 is 16.8 Å². The molecule has 3 aromatic heterocycles. The molecule has 2 saturated heterocycles. The quantitative estimate of drug-likeness (QED) is 0.763. The van der Waals surface area contributed by atoms with Gasteiger partial charge in [-0.3, -0.25) is 14.8 Å². The molecule has 5 rings (SSSR count). The number of rotatable bonds is 3. The zero-order valence-electron chi connectivity index (χ0n) is 16.0. The minimum Gasteiger partial charge on any atom is -0.388 e. The van der Waals surface area contributed by atoms with Crippen LogP contribution in [0.4, 0.5) is 0 Å². The predicted octanol–water partition coefficient (Wildman–Crippen LogP) is 2.94. The van der Waals surface area contributed by atoms with Crippen molar-refractivity contribution in [3.63, 3.8) is 0 Å². The maximum atomic E-state index is 13.1. The summed E-state index contributed by atoms with van der Waals surface area (Å²) in [5.74, 6) is 0.0395. The molecule has 6 heteroatoms. The summed E-state index contributed by atoms with van der Waals surface area (Å²) < 4.78 is 2.09. The fourth-order valence-electron chi connectivity index (χ4n) is 5.01. The Morgan fingerprint density at radius 2 is 1.96 bits per heavy atom. The van der Waals surface area contributed by atoms with Crippen LogP contribution in [0.2, 0.25) is 0 Å². The second-order valence-corrected chi connectivity index (χ2v) is 8.30. The van der Waals surface area contributed by atoms with E-state index in [1.54, 1.807) is 12.4 Å². The second kappa shape index (κ2) is 6.41. The van der Waals surface area contributed by atoms with Crippen molar-refractivity contribution in [1.29, 1.82) is 0 Å². The summed E-state index contributed by atoms with van der Waals surface area (Å²) in [6, 6.07) is 7.92. The van der Waals surface area contributed by atoms with Crippen molar-refractivity contribution in [2.45, 2.75) is 56.8 Å². The lowest BCUT2D eigenvalue weighted by Crippen LogP contribution is -2.54. The number of nitrogens with zero attached hydrogens (tertiary/aromatic N) is 4. The molecule has 2 bridgehead atoms. The van der Waals surface area contributed by atoms with Crippen LogP contribution in [0.15, 0.2) is 49.1 Å². The fourth-order valence-corrected chi connectivity index (χ4v) is 5.01. The van der Waals surface area contributed by atoms with Gasteiger partial charge in [0, 0.05) is 41.8 Å². The van der Waals surface area contributed by atoms with Crippen molar-refractivity contribution in [3.8, 4) is 0 Å². The molecule has 0 unspecified atom stereocenters. The number of piperidine rings is 1. The predicted molar refractivity (Wildman–Crippen MR) is 106 cm³/mol. The molecule has 0 saturated carbocycles. The summed E-state index contributed by atoms with van der Waals surface area (Å²) in [6.45, 7) is 2.45. The molecule has 144 valence electrons. The van der Waals surface area contributed by atoms with E-state index in [9.17, 15) is 9.90 Å². The molecule has 2 fully saturated rings. The number of aryl methyl sites for hydroxylation is 1. The molecule has 2 aliphatic rings. The molecular formula is C22H24N4O2. The molecule has 3 aromatic rings. The zero-order valence-corrected chi connectivity index (χ0v) is 16.0. The highest BCUT2D eigenvalue weighted by Gasteiger charge is 2.49. The van der Waals surface area contributed by atoms with E-state index in [1.807, 2.05) is 42.4 Å².